The Kier molecular flexibility index (Phi) is 13.6. The number of aromatic nitrogens is 5. The van der Waals surface area contributed by atoms with Crippen LogP contribution in [0, 0.1) is 0 Å². The first-order valence-electron chi connectivity index (χ1n) is 15.5. The van der Waals surface area contributed by atoms with Gasteiger partial charge >= 0.3 is 0 Å². The second-order valence-electron chi connectivity index (χ2n) is 10.5. The molecule has 11 nitrogen and oxygen atoms in total. The van der Waals surface area contributed by atoms with Crippen LogP contribution in [0.25, 0.3) is 17.0 Å². The van der Waals surface area contributed by atoms with Crippen molar-refractivity contribution in [3.8, 4) is 28.8 Å². The van der Waals surface area contributed by atoms with Crippen molar-refractivity contribution in [2.75, 3.05) is 20.4 Å². The van der Waals surface area contributed by atoms with Crippen molar-refractivity contribution < 1.29 is 18.9 Å². The minimum Gasteiger partial charge on any atom is -0.491 e. The number of aliphatic imine (C=N–C) groups is 1. The van der Waals surface area contributed by atoms with Crippen LogP contribution in [0.5, 0.6) is 17.4 Å². The summed E-state index contributed by atoms with van der Waals surface area (Å²) in [4.78, 5) is 8.59. The fourth-order valence-electron chi connectivity index (χ4n) is 4.70. The molecule has 4 aromatic rings. The fourth-order valence-corrected chi connectivity index (χ4v) is 4.86. The fraction of sp³-hybridized carbons (Fsp3) is 0.500. The third-order valence-corrected chi connectivity index (χ3v) is 7.37. The number of nitrogens with zero attached hydrogens (tertiary/aromatic N) is 5. The third-order valence-electron chi connectivity index (χ3n) is 7.13. The first-order valence-corrected chi connectivity index (χ1v) is 15.9. The molecular weight excluding hydrogens is 582 g/mol. The van der Waals surface area contributed by atoms with Crippen molar-refractivity contribution in [2.24, 2.45) is 4.99 Å². The number of H-pyrrole nitrogens is 1. The molecule has 44 heavy (non-hydrogen) atoms. The number of methoxy groups -OCH3 is 1. The molecule has 0 saturated heterocycles. The van der Waals surface area contributed by atoms with E-state index in [9.17, 15) is 0 Å². The number of aromatic amines is 1. The number of unbranched alkanes of at least 4 members (excludes halogenated alkanes) is 9. The highest BCUT2D eigenvalue weighted by atomic mass is 35.5. The van der Waals surface area contributed by atoms with Gasteiger partial charge in [0.15, 0.2) is 18.5 Å². The number of nitrogens with one attached hydrogen (secondary N) is 2. The molecule has 1 aromatic carbocycles. The van der Waals surface area contributed by atoms with Gasteiger partial charge in [0, 0.05) is 23.0 Å². The molecule has 12 heteroatoms. The predicted molar refractivity (Wildman–Crippen MR) is 173 cm³/mol. The zero-order valence-corrected chi connectivity index (χ0v) is 26.7. The summed E-state index contributed by atoms with van der Waals surface area (Å²) in [5.74, 6) is 2.11. The minimum absolute atomic E-state index is 0.134. The highest BCUT2D eigenvalue weighted by molar-refractivity contribution is 6.30. The van der Waals surface area contributed by atoms with Crippen LogP contribution in [-0.2, 0) is 4.74 Å². The summed E-state index contributed by atoms with van der Waals surface area (Å²) in [6.07, 6.45) is 17.2. The molecule has 3 heterocycles. The highest BCUT2D eigenvalue weighted by Crippen LogP contribution is 2.33. The molecule has 0 fully saturated rings. The third kappa shape index (κ3) is 9.85. The Labute approximate surface area is 264 Å². The van der Waals surface area contributed by atoms with Gasteiger partial charge in [0.2, 0.25) is 11.4 Å². The average molecular weight is 626 g/mol. The van der Waals surface area contributed by atoms with Crippen LogP contribution in [0.3, 0.4) is 0 Å². The Morgan fingerprint density at radius 2 is 1.80 bits per heavy atom. The largest absolute Gasteiger partial charge is 0.491 e. The van der Waals surface area contributed by atoms with Crippen LogP contribution >= 0.6 is 11.6 Å². The monoisotopic (exact) mass is 625 g/mol. The standard InChI is InChI=1S/C32H44ClN7O4/c1-4-5-6-7-8-9-10-11-12-13-19-42-28-17-16-26(33)20-27(28)36-23-43-24(2)35-22-44-32-29(41-3)31-38-37-30(40(31)39-32)25-15-14-18-34-21-25/h14-18,20-21,23-24,35,39H,4-13,19,22H2,1-3H3. The highest BCUT2D eigenvalue weighted by Gasteiger charge is 2.20. The number of rotatable bonds is 21. The predicted octanol–water partition coefficient (Wildman–Crippen LogP) is 7.73. The average Bonchev–Trinajstić information content (AvgIpc) is 3.60. The van der Waals surface area contributed by atoms with Gasteiger partial charge in [-0.25, -0.2) is 14.8 Å². The Morgan fingerprint density at radius 1 is 1.02 bits per heavy atom. The lowest BCUT2D eigenvalue weighted by molar-refractivity contribution is 0.134. The van der Waals surface area contributed by atoms with Gasteiger partial charge in [-0.2, -0.15) is 0 Å². The molecule has 0 aliphatic rings. The zero-order valence-electron chi connectivity index (χ0n) is 25.9. The molecule has 0 radical (unpaired) electrons. The molecule has 1 atom stereocenters. The topological polar surface area (TPSA) is 120 Å². The van der Waals surface area contributed by atoms with E-state index in [-0.39, 0.29) is 6.73 Å². The lowest BCUT2D eigenvalue weighted by atomic mass is 10.1. The number of hydrogen-bond acceptors (Lipinski definition) is 9. The lowest BCUT2D eigenvalue weighted by Crippen LogP contribution is -2.32. The molecular formula is C32H44ClN7O4. The number of hydrogen-bond donors (Lipinski definition) is 2. The molecule has 3 aromatic heterocycles. The van der Waals surface area contributed by atoms with E-state index >= 15 is 0 Å². The van der Waals surface area contributed by atoms with Gasteiger partial charge in [-0.1, -0.05) is 76.3 Å². The van der Waals surface area contributed by atoms with Gasteiger partial charge in [0.05, 0.1) is 13.7 Å². The van der Waals surface area contributed by atoms with Gasteiger partial charge in [0.25, 0.3) is 5.88 Å². The van der Waals surface area contributed by atoms with E-state index in [1.807, 2.05) is 25.1 Å². The minimum atomic E-state index is -0.397. The number of pyridine rings is 1. The van der Waals surface area contributed by atoms with Crippen molar-refractivity contribution >= 4 is 29.3 Å². The van der Waals surface area contributed by atoms with E-state index in [0.29, 0.717) is 46.2 Å². The zero-order chi connectivity index (χ0) is 31.0. The molecule has 0 aliphatic carbocycles. The number of fused-ring (bicyclic) bond motifs is 1. The van der Waals surface area contributed by atoms with Crippen LogP contribution in [0.1, 0.15) is 78.1 Å². The lowest BCUT2D eigenvalue weighted by Gasteiger charge is -2.14. The first-order chi connectivity index (χ1) is 21.6. The summed E-state index contributed by atoms with van der Waals surface area (Å²) in [7, 11) is 1.55. The molecule has 0 amide bonds. The number of halogens is 1. The molecule has 0 spiro atoms. The molecule has 0 saturated carbocycles. The maximum absolute atomic E-state index is 6.22. The van der Waals surface area contributed by atoms with Gasteiger partial charge in [0.1, 0.15) is 18.2 Å². The van der Waals surface area contributed by atoms with E-state index in [4.69, 9.17) is 30.5 Å². The maximum atomic E-state index is 6.22. The second kappa shape index (κ2) is 18.1. The van der Waals surface area contributed by atoms with E-state index in [1.54, 1.807) is 36.2 Å². The molecule has 0 aliphatic heterocycles. The number of benzene rings is 1. The smallest absolute Gasteiger partial charge is 0.255 e. The van der Waals surface area contributed by atoms with Crippen molar-refractivity contribution in [1.29, 1.82) is 0 Å². The van der Waals surface area contributed by atoms with Gasteiger partial charge < -0.3 is 18.9 Å². The first kappa shape index (κ1) is 33.1. The Balaban J connectivity index is 1.19. The van der Waals surface area contributed by atoms with Crippen molar-refractivity contribution in [1.82, 2.24) is 30.1 Å². The quantitative estimate of drug-likeness (QED) is 0.0418. The molecule has 1 unspecified atom stereocenters. The van der Waals surface area contributed by atoms with E-state index in [0.717, 1.165) is 12.0 Å². The SMILES string of the molecule is CCCCCCCCCCCCOc1ccc(Cl)cc1N=COC(C)NCOc1[nH]n2c(-c3cccnc3)nnc2c1OC. The van der Waals surface area contributed by atoms with E-state index in [2.05, 4.69) is 37.5 Å². The van der Waals surface area contributed by atoms with Crippen LogP contribution < -0.4 is 19.5 Å². The van der Waals surface area contributed by atoms with Crippen LogP contribution in [0.15, 0.2) is 47.7 Å². The summed E-state index contributed by atoms with van der Waals surface area (Å²) in [5, 5.41) is 15.3. The Hall–Kier alpha value is -3.83. The molecule has 4 rings (SSSR count). The van der Waals surface area contributed by atoms with Crippen molar-refractivity contribution in [3.63, 3.8) is 0 Å². The Morgan fingerprint density at radius 3 is 2.52 bits per heavy atom. The van der Waals surface area contributed by atoms with Crippen molar-refractivity contribution in [2.45, 2.75) is 84.3 Å². The Bertz CT molecular complexity index is 1430. The van der Waals surface area contributed by atoms with E-state index < -0.39 is 6.23 Å². The van der Waals surface area contributed by atoms with Gasteiger partial charge in [-0.15, -0.1) is 10.2 Å². The number of ether oxygens (including phenoxy) is 4. The summed E-state index contributed by atoms with van der Waals surface area (Å²) in [6.45, 7) is 4.88. The van der Waals surface area contributed by atoms with Gasteiger partial charge in [-0.05, 0) is 43.7 Å². The summed E-state index contributed by atoms with van der Waals surface area (Å²) < 4.78 is 24.8. The summed E-state index contributed by atoms with van der Waals surface area (Å²) in [6, 6.07) is 9.15. The van der Waals surface area contributed by atoms with Gasteiger partial charge in [-0.3, -0.25) is 10.1 Å². The van der Waals surface area contributed by atoms with Crippen LogP contribution in [0.2, 0.25) is 5.02 Å². The maximum Gasteiger partial charge on any atom is 0.255 e. The second-order valence-corrected chi connectivity index (χ2v) is 11.0. The van der Waals surface area contributed by atoms with Crippen molar-refractivity contribution in [3.05, 3.63) is 47.7 Å². The normalized spacial score (nSPS) is 12.2. The summed E-state index contributed by atoms with van der Waals surface area (Å²) in [5.41, 5.74) is 1.93. The molecule has 2 N–H and O–H groups in total. The summed E-state index contributed by atoms with van der Waals surface area (Å²) >= 11 is 6.22. The molecule has 0 bridgehead atoms. The van der Waals surface area contributed by atoms with E-state index in [1.165, 1.54) is 64.2 Å². The van der Waals surface area contributed by atoms with Crippen LogP contribution in [-0.4, -0.2) is 57.9 Å². The van der Waals surface area contributed by atoms with Crippen LogP contribution in [0.4, 0.5) is 5.69 Å². The molecule has 238 valence electrons.